The molecule has 0 amide bonds. The van der Waals surface area contributed by atoms with Crippen LogP contribution in [0.1, 0.15) is 18.0 Å². The molecule has 0 aromatic carbocycles. The molecule has 1 aromatic heterocycles. The van der Waals surface area contributed by atoms with Gasteiger partial charge in [-0.05, 0) is 30.2 Å². The number of hydrogen-bond donors (Lipinski definition) is 1. The summed E-state index contributed by atoms with van der Waals surface area (Å²) in [4.78, 5) is 14.2. The maximum Gasteiger partial charge on any atom is 0.250 e. The molecular formula is C15H19N3O2S. The standard InChI is InChI=1S/C15H19N3O2S/c16-10-21-9-13(19)8-17-5-11-4-12(7-17)14-2-1-3-15(20)18(14)6-11/h1-3,11-13,19H,4-9H2. The molecular weight excluding hydrogens is 286 g/mol. The van der Waals surface area contributed by atoms with Gasteiger partial charge in [0.25, 0.3) is 5.56 Å². The smallest absolute Gasteiger partial charge is 0.250 e. The number of thiocyanates is 1. The van der Waals surface area contributed by atoms with Crippen molar-refractivity contribution in [2.75, 3.05) is 25.4 Å². The predicted octanol–water partition coefficient (Wildman–Crippen LogP) is 0.843. The molecule has 21 heavy (non-hydrogen) atoms. The third-order valence-electron chi connectivity index (χ3n) is 4.36. The molecule has 2 aliphatic heterocycles. The lowest BCUT2D eigenvalue weighted by Gasteiger charge is -2.43. The van der Waals surface area contributed by atoms with Crippen LogP contribution in [-0.2, 0) is 6.54 Å². The zero-order valence-corrected chi connectivity index (χ0v) is 12.6. The fraction of sp³-hybridized carbons (Fsp3) is 0.600. The van der Waals surface area contributed by atoms with Crippen LogP contribution in [0.4, 0.5) is 0 Å². The average molecular weight is 305 g/mol. The summed E-state index contributed by atoms with van der Waals surface area (Å²) < 4.78 is 1.91. The van der Waals surface area contributed by atoms with Crippen molar-refractivity contribution in [2.24, 2.45) is 5.92 Å². The summed E-state index contributed by atoms with van der Waals surface area (Å²) in [6.45, 7) is 3.20. The highest BCUT2D eigenvalue weighted by atomic mass is 32.2. The highest BCUT2D eigenvalue weighted by Gasteiger charge is 2.34. The molecule has 1 fully saturated rings. The Bertz CT molecular complexity index is 610. The van der Waals surface area contributed by atoms with Crippen molar-refractivity contribution in [1.29, 1.82) is 5.26 Å². The Balaban J connectivity index is 1.70. The minimum absolute atomic E-state index is 0.0982. The van der Waals surface area contributed by atoms with E-state index in [4.69, 9.17) is 5.26 Å². The third-order valence-corrected chi connectivity index (χ3v) is 5.05. The number of aromatic nitrogens is 1. The van der Waals surface area contributed by atoms with Crippen LogP contribution in [0.3, 0.4) is 0 Å². The van der Waals surface area contributed by atoms with Crippen molar-refractivity contribution in [1.82, 2.24) is 9.47 Å². The number of nitrogens with zero attached hydrogens (tertiary/aromatic N) is 3. The lowest BCUT2D eigenvalue weighted by Crippen LogP contribution is -2.49. The van der Waals surface area contributed by atoms with E-state index in [2.05, 4.69) is 4.90 Å². The first-order valence-corrected chi connectivity index (χ1v) is 8.27. The SMILES string of the molecule is N#CSCC(O)CN1CC2CC(C1)c1cccc(=O)n1C2. The minimum Gasteiger partial charge on any atom is -0.391 e. The number of pyridine rings is 1. The zero-order chi connectivity index (χ0) is 14.8. The molecule has 0 spiro atoms. The molecule has 3 rings (SSSR count). The number of rotatable bonds is 4. The summed E-state index contributed by atoms with van der Waals surface area (Å²) in [7, 11) is 0. The second-order valence-electron chi connectivity index (χ2n) is 5.97. The summed E-state index contributed by atoms with van der Waals surface area (Å²) >= 11 is 1.10. The van der Waals surface area contributed by atoms with Gasteiger partial charge in [0.05, 0.1) is 6.10 Å². The number of aliphatic hydroxyl groups excluding tert-OH is 1. The van der Waals surface area contributed by atoms with Crippen molar-refractivity contribution in [3.8, 4) is 5.40 Å². The molecule has 0 radical (unpaired) electrons. The van der Waals surface area contributed by atoms with Crippen LogP contribution in [0.25, 0.3) is 0 Å². The second kappa shape index (κ2) is 6.22. The van der Waals surface area contributed by atoms with Crippen LogP contribution in [0.15, 0.2) is 23.0 Å². The molecule has 1 aromatic rings. The van der Waals surface area contributed by atoms with Crippen molar-refractivity contribution in [2.45, 2.75) is 25.0 Å². The van der Waals surface area contributed by atoms with Crippen LogP contribution in [0, 0.1) is 16.6 Å². The topological polar surface area (TPSA) is 69.3 Å². The van der Waals surface area contributed by atoms with Crippen LogP contribution in [0.2, 0.25) is 0 Å². The van der Waals surface area contributed by atoms with E-state index in [1.807, 2.05) is 22.1 Å². The lowest BCUT2D eigenvalue weighted by atomic mass is 9.83. The monoisotopic (exact) mass is 305 g/mol. The number of β-amino-alcohol motifs (C(OH)–C–C–N with tert-alkyl or cyclic N) is 1. The number of hydrogen-bond acceptors (Lipinski definition) is 5. The summed E-state index contributed by atoms with van der Waals surface area (Å²) in [5.74, 6) is 1.31. The van der Waals surface area contributed by atoms with E-state index >= 15 is 0 Å². The fourth-order valence-electron chi connectivity index (χ4n) is 3.63. The van der Waals surface area contributed by atoms with Crippen molar-refractivity contribution in [3.05, 3.63) is 34.2 Å². The maximum absolute atomic E-state index is 11.9. The number of thioether (sulfide) groups is 1. The number of nitriles is 1. The van der Waals surface area contributed by atoms with Crippen molar-refractivity contribution >= 4 is 11.8 Å². The highest BCUT2D eigenvalue weighted by Crippen LogP contribution is 2.34. The van der Waals surface area contributed by atoms with Crippen LogP contribution >= 0.6 is 11.8 Å². The van der Waals surface area contributed by atoms with Gasteiger partial charge < -0.3 is 9.67 Å². The average Bonchev–Trinajstić information content (AvgIpc) is 2.46. The molecule has 112 valence electrons. The Labute approximate surface area is 128 Å². The van der Waals surface area contributed by atoms with E-state index < -0.39 is 6.10 Å². The molecule has 0 saturated carbocycles. The largest absolute Gasteiger partial charge is 0.391 e. The van der Waals surface area contributed by atoms with Gasteiger partial charge in [0.15, 0.2) is 0 Å². The quantitative estimate of drug-likeness (QED) is 0.835. The van der Waals surface area contributed by atoms with E-state index in [9.17, 15) is 9.90 Å². The molecule has 3 heterocycles. The first kappa shape index (κ1) is 14.6. The van der Waals surface area contributed by atoms with Crippen molar-refractivity contribution < 1.29 is 5.11 Å². The first-order valence-electron chi connectivity index (χ1n) is 7.28. The van der Waals surface area contributed by atoms with Crippen LogP contribution in [-0.4, -0.2) is 46.1 Å². The van der Waals surface area contributed by atoms with Gasteiger partial charge >= 0.3 is 0 Å². The number of piperidine rings is 1. The van der Waals surface area contributed by atoms with Gasteiger partial charge in [-0.15, -0.1) is 0 Å². The minimum atomic E-state index is -0.466. The maximum atomic E-state index is 11.9. The van der Waals surface area contributed by atoms with Gasteiger partial charge in [-0.1, -0.05) is 6.07 Å². The molecule has 3 unspecified atom stereocenters. The summed E-state index contributed by atoms with van der Waals surface area (Å²) in [5, 5.41) is 20.5. The van der Waals surface area contributed by atoms with Gasteiger partial charge in [-0.25, -0.2) is 0 Å². The van der Waals surface area contributed by atoms with Crippen molar-refractivity contribution in [3.63, 3.8) is 0 Å². The normalized spacial score (nSPS) is 25.9. The zero-order valence-electron chi connectivity index (χ0n) is 11.8. The molecule has 2 bridgehead atoms. The Kier molecular flexibility index (Phi) is 4.34. The molecule has 0 aliphatic carbocycles. The van der Waals surface area contributed by atoms with Gasteiger partial charge in [0, 0.05) is 49.6 Å². The van der Waals surface area contributed by atoms with Gasteiger partial charge in [-0.3, -0.25) is 9.69 Å². The molecule has 6 heteroatoms. The van der Waals surface area contributed by atoms with Gasteiger partial charge in [0.1, 0.15) is 5.40 Å². The molecule has 1 N–H and O–H groups in total. The second-order valence-corrected chi connectivity index (χ2v) is 6.78. The molecule has 5 nitrogen and oxygen atoms in total. The molecule has 3 atom stereocenters. The summed E-state index contributed by atoms with van der Waals surface area (Å²) in [5.41, 5.74) is 1.23. The van der Waals surface area contributed by atoms with E-state index in [0.717, 1.165) is 43.5 Å². The van der Waals surface area contributed by atoms with E-state index in [1.54, 1.807) is 6.07 Å². The van der Waals surface area contributed by atoms with Gasteiger partial charge in [0.2, 0.25) is 0 Å². The van der Waals surface area contributed by atoms with E-state index in [-0.39, 0.29) is 5.56 Å². The predicted molar refractivity (Wildman–Crippen MR) is 82.1 cm³/mol. The molecule has 1 saturated heterocycles. The Morgan fingerprint density at radius 2 is 2.29 bits per heavy atom. The van der Waals surface area contributed by atoms with E-state index in [1.165, 1.54) is 0 Å². The Morgan fingerprint density at radius 3 is 3.10 bits per heavy atom. The number of fused-ring (bicyclic) bond motifs is 4. The number of likely N-dealkylation sites (tertiary alicyclic amines) is 1. The fourth-order valence-corrected chi connectivity index (χ4v) is 4.00. The Morgan fingerprint density at radius 1 is 1.43 bits per heavy atom. The van der Waals surface area contributed by atoms with Crippen LogP contribution < -0.4 is 5.56 Å². The number of aliphatic hydroxyl groups is 1. The summed E-state index contributed by atoms with van der Waals surface area (Å²) in [6, 6.07) is 5.52. The third kappa shape index (κ3) is 3.15. The Hall–Kier alpha value is -1.29. The highest BCUT2D eigenvalue weighted by molar-refractivity contribution is 8.03. The molecule has 2 aliphatic rings. The lowest BCUT2D eigenvalue weighted by molar-refractivity contribution is 0.0717. The summed E-state index contributed by atoms with van der Waals surface area (Å²) in [6.07, 6.45) is 0.662. The first-order chi connectivity index (χ1) is 10.2. The van der Waals surface area contributed by atoms with Gasteiger partial charge in [-0.2, -0.15) is 5.26 Å². The van der Waals surface area contributed by atoms with E-state index in [0.29, 0.717) is 24.1 Å². The van der Waals surface area contributed by atoms with Crippen LogP contribution in [0.5, 0.6) is 0 Å².